The second-order valence-corrected chi connectivity index (χ2v) is 9.58. The molecule has 0 aliphatic carbocycles. The van der Waals surface area contributed by atoms with Gasteiger partial charge in [-0.1, -0.05) is 35.9 Å². The lowest BCUT2D eigenvalue weighted by Gasteiger charge is -2.29. The first-order chi connectivity index (χ1) is 15.9. The highest BCUT2D eigenvalue weighted by Crippen LogP contribution is 2.34. The largest absolute Gasteiger partial charge is 0.446 e. The van der Waals surface area contributed by atoms with E-state index in [1.807, 2.05) is 18.2 Å². The van der Waals surface area contributed by atoms with Gasteiger partial charge in [-0.3, -0.25) is 4.72 Å². The van der Waals surface area contributed by atoms with Crippen LogP contribution in [-0.2, 0) is 10.0 Å². The molecule has 0 saturated heterocycles. The Kier molecular flexibility index (Phi) is 5.41. The van der Waals surface area contributed by atoms with Crippen LogP contribution >= 0.6 is 11.6 Å². The Morgan fingerprint density at radius 2 is 1.73 bits per heavy atom. The van der Waals surface area contributed by atoms with Gasteiger partial charge < -0.3 is 15.1 Å². The summed E-state index contributed by atoms with van der Waals surface area (Å²) in [4.78, 5) is 6.20. The average molecular weight is 479 g/mol. The minimum Gasteiger partial charge on any atom is -0.446 e. The van der Waals surface area contributed by atoms with Crippen molar-refractivity contribution < 1.29 is 12.8 Å². The molecule has 0 spiro atoms. The normalized spacial score (nSPS) is 15.3. The van der Waals surface area contributed by atoms with Gasteiger partial charge in [0.15, 0.2) is 0 Å². The molecule has 0 saturated carbocycles. The van der Waals surface area contributed by atoms with Gasteiger partial charge in [-0.15, -0.1) is 0 Å². The van der Waals surface area contributed by atoms with Crippen LogP contribution in [0.25, 0.3) is 11.1 Å². The van der Waals surface area contributed by atoms with Crippen molar-refractivity contribution in [3.8, 4) is 11.1 Å². The van der Waals surface area contributed by atoms with E-state index in [4.69, 9.17) is 21.8 Å². The molecule has 3 aromatic carbocycles. The molecule has 2 heterocycles. The molecule has 166 valence electrons. The summed E-state index contributed by atoms with van der Waals surface area (Å²) in [5.41, 5.74) is 9.95. The highest BCUT2D eigenvalue weighted by Gasteiger charge is 2.24. The number of nitrogens with one attached hydrogen (secondary N) is 1. The zero-order valence-electron chi connectivity index (χ0n) is 17.2. The molecule has 1 aliphatic rings. The van der Waals surface area contributed by atoms with Crippen LogP contribution in [-0.4, -0.2) is 14.8 Å². The Hall–Kier alpha value is -3.59. The van der Waals surface area contributed by atoms with Gasteiger partial charge in [0, 0.05) is 16.4 Å². The summed E-state index contributed by atoms with van der Waals surface area (Å²) in [5, 5.41) is 0.620. The first-order valence-electron chi connectivity index (χ1n) is 10.1. The lowest BCUT2D eigenvalue weighted by atomic mass is 10.1. The number of hydrogen-bond acceptors (Lipinski definition) is 6. The SMILES string of the molecule is NC1c2ccoc2N=CN1c1ccc(NS(=O)(=O)c2cccc(-c3ccc(Cl)cc3)c2)cc1. The van der Waals surface area contributed by atoms with Gasteiger partial charge in [-0.2, -0.15) is 0 Å². The number of furan rings is 1. The van der Waals surface area contributed by atoms with E-state index in [1.54, 1.807) is 78.2 Å². The van der Waals surface area contributed by atoms with Crippen molar-refractivity contribution in [1.29, 1.82) is 0 Å². The first-order valence-corrected chi connectivity index (χ1v) is 11.9. The van der Waals surface area contributed by atoms with Crippen LogP contribution < -0.4 is 15.4 Å². The summed E-state index contributed by atoms with van der Waals surface area (Å²) in [6, 6.07) is 22.7. The fourth-order valence-corrected chi connectivity index (χ4v) is 4.84. The summed E-state index contributed by atoms with van der Waals surface area (Å²) in [7, 11) is -3.79. The second kappa shape index (κ2) is 8.40. The molecular weight excluding hydrogens is 460 g/mol. The number of nitrogens with two attached hydrogens (primary N) is 1. The lowest BCUT2D eigenvalue weighted by molar-refractivity contribution is 0.567. The molecule has 5 rings (SSSR count). The zero-order chi connectivity index (χ0) is 23.0. The van der Waals surface area contributed by atoms with Gasteiger partial charge in [0.25, 0.3) is 10.0 Å². The molecule has 1 aromatic heterocycles. The highest BCUT2D eigenvalue weighted by atomic mass is 35.5. The summed E-state index contributed by atoms with van der Waals surface area (Å²) in [6.07, 6.45) is 2.69. The van der Waals surface area contributed by atoms with E-state index >= 15 is 0 Å². The molecule has 0 fully saturated rings. The van der Waals surface area contributed by atoms with Crippen LogP contribution in [0.4, 0.5) is 17.3 Å². The van der Waals surface area contributed by atoms with Crippen molar-refractivity contribution in [2.45, 2.75) is 11.1 Å². The summed E-state index contributed by atoms with van der Waals surface area (Å²) < 4.78 is 33.9. The zero-order valence-corrected chi connectivity index (χ0v) is 18.8. The third-order valence-corrected chi connectivity index (χ3v) is 6.96. The Bertz CT molecular complexity index is 1430. The van der Waals surface area contributed by atoms with Crippen molar-refractivity contribution in [3.63, 3.8) is 0 Å². The third-order valence-electron chi connectivity index (χ3n) is 5.33. The van der Waals surface area contributed by atoms with Crippen molar-refractivity contribution in [2.75, 3.05) is 9.62 Å². The van der Waals surface area contributed by atoms with Crippen molar-refractivity contribution in [2.24, 2.45) is 10.7 Å². The second-order valence-electron chi connectivity index (χ2n) is 7.46. The number of sulfonamides is 1. The Morgan fingerprint density at radius 3 is 2.48 bits per heavy atom. The topological polar surface area (TPSA) is 101 Å². The van der Waals surface area contributed by atoms with E-state index in [1.165, 1.54) is 0 Å². The maximum Gasteiger partial charge on any atom is 0.261 e. The van der Waals surface area contributed by atoms with Gasteiger partial charge in [-0.05, 0) is 65.7 Å². The van der Waals surface area contributed by atoms with Crippen LogP contribution in [0.5, 0.6) is 0 Å². The Balaban J connectivity index is 1.35. The van der Waals surface area contributed by atoms with Crippen molar-refractivity contribution >= 4 is 45.2 Å². The van der Waals surface area contributed by atoms with E-state index in [9.17, 15) is 8.42 Å². The molecule has 0 amide bonds. The summed E-state index contributed by atoms with van der Waals surface area (Å²) >= 11 is 5.95. The molecule has 0 bridgehead atoms. The molecule has 33 heavy (non-hydrogen) atoms. The Morgan fingerprint density at radius 1 is 0.970 bits per heavy atom. The maximum atomic E-state index is 13.0. The van der Waals surface area contributed by atoms with Crippen molar-refractivity contribution in [1.82, 2.24) is 0 Å². The van der Waals surface area contributed by atoms with Crippen LogP contribution in [0.1, 0.15) is 11.7 Å². The number of fused-ring (bicyclic) bond motifs is 1. The van der Waals surface area contributed by atoms with E-state index in [0.29, 0.717) is 16.6 Å². The van der Waals surface area contributed by atoms with Gasteiger partial charge >= 0.3 is 0 Å². The van der Waals surface area contributed by atoms with E-state index in [0.717, 1.165) is 22.4 Å². The predicted octanol–water partition coefficient (Wildman–Crippen LogP) is 5.54. The number of hydrogen-bond donors (Lipinski definition) is 2. The quantitative estimate of drug-likeness (QED) is 0.392. The molecule has 1 unspecified atom stereocenters. The molecule has 1 aliphatic heterocycles. The van der Waals surface area contributed by atoms with Crippen LogP contribution in [0.15, 0.2) is 99.4 Å². The first kappa shape index (κ1) is 21.3. The van der Waals surface area contributed by atoms with E-state index < -0.39 is 16.2 Å². The monoisotopic (exact) mass is 478 g/mol. The molecule has 7 nitrogen and oxygen atoms in total. The number of rotatable bonds is 5. The fraction of sp³-hybridized carbons (Fsp3) is 0.0417. The minimum absolute atomic E-state index is 0.164. The molecule has 4 aromatic rings. The highest BCUT2D eigenvalue weighted by molar-refractivity contribution is 7.92. The van der Waals surface area contributed by atoms with Crippen LogP contribution in [0.3, 0.4) is 0 Å². The maximum absolute atomic E-state index is 13.0. The minimum atomic E-state index is -3.79. The van der Waals surface area contributed by atoms with Gasteiger partial charge in [0.05, 0.1) is 16.7 Å². The molecular formula is C24H19ClN4O3S. The van der Waals surface area contributed by atoms with Gasteiger partial charge in [-0.25, -0.2) is 13.4 Å². The van der Waals surface area contributed by atoms with Crippen LogP contribution in [0.2, 0.25) is 5.02 Å². The predicted molar refractivity (Wildman–Crippen MR) is 130 cm³/mol. The lowest BCUT2D eigenvalue weighted by Crippen LogP contribution is -2.35. The number of anilines is 2. The fourth-order valence-electron chi connectivity index (χ4n) is 3.61. The summed E-state index contributed by atoms with van der Waals surface area (Å²) in [6.45, 7) is 0. The number of nitrogens with zero attached hydrogens (tertiary/aromatic N) is 2. The van der Waals surface area contributed by atoms with Gasteiger partial charge in [0.1, 0.15) is 12.5 Å². The number of benzene rings is 3. The molecule has 3 N–H and O–H groups in total. The van der Waals surface area contributed by atoms with Crippen LogP contribution in [0, 0.1) is 0 Å². The molecule has 1 atom stereocenters. The molecule has 9 heteroatoms. The average Bonchev–Trinajstić information content (AvgIpc) is 3.30. The standard InChI is InChI=1S/C24H19ClN4O3S/c25-18-6-4-16(5-7-18)17-2-1-3-21(14-17)33(30,31)28-19-8-10-20(11-9-19)29-15-27-24-22(23(29)26)12-13-32-24/h1-15,23,28H,26H2. The smallest absolute Gasteiger partial charge is 0.261 e. The third kappa shape index (κ3) is 4.23. The van der Waals surface area contributed by atoms with Gasteiger partial charge in [0.2, 0.25) is 5.88 Å². The summed E-state index contributed by atoms with van der Waals surface area (Å²) in [5.74, 6) is 0.490. The Labute approximate surface area is 196 Å². The number of halogens is 1. The number of aliphatic imine (C=N–C) groups is 1. The van der Waals surface area contributed by atoms with Crippen molar-refractivity contribution in [3.05, 3.63) is 95.7 Å². The molecule has 0 radical (unpaired) electrons. The van der Waals surface area contributed by atoms with E-state index in [2.05, 4.69) is 9.71 Å². The van der Waals surface area contributed by atoms with E-state index in [-0.39, 0.29) is 4.90 Å².